The molecule has 0 fully saturated rings. The lowest BCUT2D eigenvalue weighted by atomic mass is 9.94. The van der Waals surface area contributed by atoms with Crippen molar-refractivity contribution in [2.24, 2.45) is 7.05 Å². The molecule has 1 unspecified atom stereocenters. The normalized spacial score (nSPS) is 13.8. The number of amides is 1. The second-order valence-corrected chi connectivity index (χ2v) is 5.22. The number of hydrogen-bond donors (Lipinski definition) is 1. The molecule has 1 amide bonds. The maximum absolute atomic E-state index is 12.2. The maximum atomic E-state index is 12.2. The molecule has 2 rings (SSSR count). The van der Waals surface area contributed by atoms with Gasteiger partial charge < -0.3 is 5.32 Å². The Hall–Kier alpha value is -1.62. The molecule has 1 atom stereocenters. The minimum absolute atomic E-state index is 0.175. The summed E-state index contributed by atoms with van der Waals surface area (Å²) in [6.07, 6.45) is 1.75. The first-order valence-electron chi connectivity index (χ1n) is 5.99. The number of halogens is 1. The Balaban J connectivity index is 2.22. The summed E-state index contributed by atoms with van der Waals surface area (Å²) in [6, 6.07) is 11.6. The molecule has 0 saturated carbocycles. The Morgan fingerprint density at radius 2 is 2.05 bits per heavy atom. The first-order chi connectivity index (χ1) is 9.05. The van der Waals surface area contributed by atoms with Crippen LogP contribution >= 0.6 is 15.9 Å². The third-order valence-corrected chi connectivity index (χ3v) is 4.14. The number of aromatic nitrogens is 2. The van der Waals surface area contributed by atoms with Crippen LogP contribution in [0.2, 0.25) is 0 Å². The minimum Gasteiger partial charge on any atom is -0.341 e. The van der Waals surface area contributed by atoms with Gasteiger partial charge in [0.1, 0.15) is 5.69 Å². The molecule has 5 heteroatoms. The number of carbonyl (C=O) groups is 1. The molecule has 0 radical (unpaired) electrons. The van der Waals surface area contributed by atoms with Gasteiger partial charge in [-0.15, -0.1) is 0 Å². The molecule has 1 N–H and O–H groups in total. The summed E-state index contributed by atoms with van der Waals surface area (Å²) in [5, 5.41) is 7.77. The van der Waals surface area contributed by atoms with Crippen LogP contribution in [0.1, 0.15) is 23.0 Å². The largest absolute Gasteiger partial charge is 0.341 e. The molecule has 2 aromatic rings. The maximum Gasteiger partial charge on any atom is 0.272 e. The molecule has 19 heavy (non-hydrogen) atoms. The van der Waals surface area contributed by atoms with E-state index in [2.05, 4.69) is 26.3 Å². The van der Waals surface area contributed by atoms with Crippen molar-refractivity contribution in [3.63, 3.8) is 0 Å². The SMILES string of the molecule is Cn1ccc(C(=O)NC(C)(CBr)c2ccccc2)n1. The van der Waals surface area contributed by atoms with Gasteiger partial charge in [-0.05, 0) is 18.6 Å². The monoisotopic (exact) mass is 321 g/mol. The summed E-state index contributed by atoms with van der Waals surface area (Å²) < 4.78 is 1.61. The first kappa shape index (κ1) is 13.8. The van der Waals surface area contributed by atoms with E-state index in [-0.39, 0.29) is 5.91 Å². The molecular weight excluding hydrogens is 306 g/mol. The van der Waals surface area contributed by atoms with Crippen LogP contribution in [0.5, 0.6) is 0 Å². The molecule has 1 heterocycles. The van der Waals surface area contributed by atoms with Gasteiger partial charge in [0.15, 0.2) is 0 Å². The van der Waals surface area contributed by atoms with Gasteiger partial charge in [-0.1, -0.05) is 46.3 Å². The number of hydrogen-bond acceptors (Lipinski definition) is 2. The van der Waals surface area contributed by atoms with E-state index in [4.69, 9.17) is 0 Å². The number of benzene rings is 1. The van der Waals surface area contributed by atoms with Gasteiger partial charge in [-0.25, -0.2) is 0 Å². The van der Waals surface area contributed by atoms with Crippen LogP contribution in [0.3, 0.4) is 0 Å². The fraction of sp³-hybridized carbons (Fsp3) is 0.286. The van der Waals surface area contributed by atoms with Crippen molar-refractivity contribution in [1.82, 2.24) is 15.1 Å². The topological polar surface area (TPSA) is 46.9 Å². The van der Waals surface area contributed by atoms with Gasteiger partial charge in [0.25, 0.3) is 5.91 Å². The number of aryl methyl sites for hydroxylation is 1. The number of nitrogens with zero attached hydrogens (tertiary/aromatic N) is 2. The van der Waals surface area contributed by atoms with Crippen molar-refractivity contribution in [3.05, 3.63) is 53.9 Å². The highest BCUT2D eigenvalue weighted by molar-refractivity contribution is 9.09. The molecule has 0 aliphatic heterocycles. The Morgan fingerprint density at radius 1 is 1.37 bits per heavy atom. The van der Waals surface area contributed by atoms with Gasteiger partial charge in [0.2, 0.25) is 0 Å². The highest BCUT2D eigenvalue weighted by Crippen LogP contribution is 2.23. The molecule has 0 bridgehead atoms. The van der Waals surface area contributed by atoms with Crippen molar-refractivity contribution in [1.29, 1.82) is 0 Å². The van der Waals surface area contributed by atoms with E-state index in [1.165, 1.54) is 0 Å². The molecule has 100 valence electrons. The predicted octanol–water partition coefficient (Wildman–Crippen LogP) is 2.46. The van der Waals surface area contributed by atoms with E-state index in [1.54, 1.807) is 24.0 Å². The summed E-state index contributed by atoms with van der Waals surface area (Å²) in [5.41, 5.74) is 1.01. The Bertz CT molecular complexity index is 567. The molecule has 1 aromatic heterocycles. The van der Waals surface area contributed by atoms with E-state index >= 15 is 0 Å². The molecule has 0 aliphatic rings. The molecule has 1 aromatic carbocycles. The quantitative estimate of drug-likeness (QED) is 0.879. The average Bonchev–Trinajstić information content (AvgIpc) is 2.86. The summed E-state index contributed by atoms with van der Waals surface area (Å²) in [4.78, 5) is 12.2. The van der Waals surface area contributed by atoms with E-state index in [1.807, 2.05) is 37.3 Å². The predicted molar refractivity (Wildman–Crippen MR) is 78.3 cm³/mol. The van der Waals surface area contributed by atoms with E-state index in [9.17, 15) is 4.79 Å². The van der Waals surface area contributed by atoms with Gasteiger partial charge in [0, 0.05) is 18.6 Å². The van der Waals surface area contributed by atoms with Crippen molar-refractivity contribution in [3.8, 4) is 0 Å². The van der Waals surface area contributed by atoms with E-state index in [0.29, 0.717) is 11.0 Å². The van der Waals surface area contributed by atoms with Crippen molar-refractivity contribution < 1.29 is 4.79 Å². The zero-order valence-corrected chi connectivity index (χ0v) is 12.5. The Labute approximate surface area is 120 Å². The third-order valence-electron chi connectivity index (χ3n) is 3.01. The highest BCUT2D eigenvalue weighted by Gasteiger charge is 2.28. The smallest absolute Gasteiger partial charge is 0.272 e. The highest BCUT2D eigenvalue weighted by atomic mass is 79.9. The lowest BCUT2D eigenvalue weighted by Gasteiger charge is -2.29. The fourth-order valence-corrected chi connectivity index (χ4v) is 2.30. The van der Waals surface area contributed by atoms with Crippen LogP contribution in [-0.2, 0) is 12.6 Å². The van der Waals surface area contributed by atoms with Crippen LogP contribution in [-0.4, -0.2) is 21.0 Å². The zero-order valence-electron chi connectivity index (χ0n) is 10.9. The van der Waals surface area contributed by atoms with Crippen molar-refractivity contribution in [2.75, 3.05) is 5.33 Å². The molecule has 0 spiro atoms. The van der Waals surface area contributed by atoms with Crippen LogP contribution in [0.15, 0.2) is 42.6 Å². The van der Waals surface area contributed by atoms with E-state index in [0.717, 1.165) is 5.56 Å². The number of nitrogens with one attached hydrogen (secondary N) is 1. The summed E-state index contributed by atoms with van der Waals surface area (Å²) in [6.45, 7) is 1.98. The second-order valence-electron chi connectivity index (χ2n) is 4.66. The average molecular weight is 322 g/mol. The van der Waals surface area contributed by atoms with Gasteiger partial charge in [0.05, 0.1) is 5.54 Å². The molecule has 4 nitrogen and oxygen atoms in total. The Kier molecular flexibility index (Phi) is 4.04. The summed E-state index contributed by atoms with van der Waals surface area (Å²) >= 11 is 3.47. The van der Waals surface area contributed by atoms with Crippen LogP contribution < -0.4 is 5.32 Å². The van der Waals surface area contributed by atoms with Gasteiger partial charge >= 0.3 is 0 Å². The van der Waals surface area contributed by atoms with Crippen molar-refractivity contribution >= 4 is 21.8 Å². The van der Waals surface area contributed by atoms with Crippen LogP contribution in [0.25, 0.3) is 0 Å². The van der Waals surface area contributed by atoms with Crippen LogP contribution in [0, 0.1) is 0 Å². The Morgan fingerprint density at radius 3 is 2.58 bits per heavy atom. The fourth-order valence-electron chi connectivity index (χ4n) is 1.84. The van der Waals surface area contributed by atoms with E-state index < -0.39 is 5.54 Å². The zero-order chi connectivity index (χ0) is 13.9. The number of carbonyl (C=O) groups excluding carboxylic acids is 1. The summed E-state index contributed by atoms with van der Waals surface area (Å²) in [7, 11) is 1.79. The summed E-state index contributed by atoms with van der Waals surface area (Å²) in [5.74, 6) is -0.175. The standard InChI is InChI=1S/C14H16BrN3O/c1-14(10-15,11-6-4-3-5-7-11)16-13(19)12-8-9-18(2)17-12/h3-9H,10H2,1-2H3,(H,16,19). The minimum atomic E-state index is -0.462. The molecule has 0 aliphatic carbocycles. The molecule has 0 saturated heterocycles. The second kappa shape index (κ2) is 5.57. The lowest BCUT2D eigenvalue weighted by molar-refractivity contribution is 0.0908. The van der Waals surface area contributed by atoms with Gasteiger partial charge in [-0.3, -0.25) is 9.48 Å². The van der Waals surface area contributed by atoms with Crippen LogP contribution in [0.4, 0.5) is 0 Å². The third kappa shape index (κ3) is 3.04. The number of rotatable bonds is 4. The first-order valence-corrected chi connectivity index (χ1v) is 7.11. The molecular formula is C14H16BrN3O. The van der Waals surface area contributed by atoms with Gasteiger partial charge in [-0.2, -0.15) is 5.10 Å². The lowest BCUT2D eigenvalue weighted by Crippen LogP contribution is -2.45. The van der Waals surface area contributed by atoms with Crippen molar-refractivity contribution in [2.45, 2.75) is 12.5 Å². The number of alkyl halides is 1.